The minimum absolute atomic E-state index is 0.162. The van der Waals surface area contributed by atoms with E-state index in [9.17, 15) is 8.42 Å². The largest absolute Gasteiger partial charge is 0.310 e. The van der Waals surface area contributed by atoms with Crippen molar-refractivity contribution in [1.29, 1.82) is 5.26 Å². The molecule has 1 heterocycles. The highest BCUT2D eigenvalue weighted by Crippen LogP contribution is 2.32. The van der Waals surface area contributed by atoms with Gasteiger partial charge in [-0.25, -0.2) is 4.98 Å². The van der Waals surface area contributed by atoms with E-state index in [-0.39, 0.29) is 16.7 Å². The number of aromatic nitrogens is 2. The Kier molecular flexibility index (Phi) is 4.49. The predicted octanol–water partition coefficient (Wildman–Crippen LogP) is 2.69. The Hall–Kier alpha value is -1.59. The number of rotatable bonds is 3. The number of hydrogen-bond donors (Lipinski definition) is 0. The van der Waals surface area contributed by atoms with Crippen LogP contribution in [0.4, 0.5) is 0 Å². The third-order valence-corrected chi connectivity index (χ3v) is 5.62. The highest BCUT2D eigenvalue weighted by atomic mass is 35.5. The molecule has 0 unspecified atom stereocenters. The molecule has 0 aliphatic carbocycles. The lowest BCUT2D eigenvalue weighted by molar-refractivity contribution is 0.510. The maximum Gasteiger partial charge on any atom is 0.310 e. The summed E-state index contributed by atoms with van der Waals surface area (Å²) < 4.78 is 26.2. The van der Waals surface area contributed by atoms with Crippen LogP contribution in [0.5, 0.6) is 0 Å². The number of benzene rings is 1. The number of nitrogens with zero attached hydrogens (tertiary/aromatic N) is 4. The van der Waals surface area contributed by atoms with Crippen molar-refractivity contribution in [3.05, 3.63) is 39.8 Å². The van der Waals surface area contributed by atoms with Gasteiger partial charge in [0.15, 0.2) is 5.15 Å². The highest BCUT2D eigenvalue weighted by molar-refractivity contribution is 7.87. The van der Waals surface area contributed by atoms with Crippen LogP contribution >= 0.6 is 23.2 Å². The second kappa shape index (κ2) is 5.89. The number of hydrogen-bond acceptors (Lipinski definition) is 4. The van der Waals surface area contributed by atoms with Gasteiger partial charge >= 0.3 is 10.2 Å². The number of halogens is 2. The molecule has 22 heavy (non-hydrogen) atoms. The molecule has 2 rings (SSSR count). The molecule has 6 nitrogen and oxygen atoms in total. The molecule has 0 atom stereocenters. The monoisotopic (exact) mass is 358 g/mol. The van der Waals surface area contributed by atoms with E-state index in [1.165, 1.54) is 14.1 Å². The van der Waals surface area contributed by atoms with Crippen LogP contribution in [0, 0.1) is 18.3 Å². The maximum absolute atomic E-state index is 12.3. The van der Waals surface area contributed by atoms with Crippen molar-refractivity contribution in [1.82, 2.24) is 13.3 Å². The van der Waals surface area contributed by atoms with Crippen molar-refractivity contribution in [3.63, 3.8) is 0 Å². The van der Waals surface area contributed by atoms with Gasteiger partial charge in [-0.2, -0.15) is 22.0 Å². The van der Waals surface area contributed by atoms with Crippen LogP contribution in [0.15, 0.2) is 18.2 Å². The van der Waals surface area contributed by atoms with Gasteiger partial charge in [0.05, 0.1) is 0 Å². The highest BCUT2D eigenvalue weighted by Gasteiger charge is 2.27. The zero-order chi connectivity index (χ0) is 16.7. The Morgan fingerprint density at radius 1 is 1.32 bits per heavy atom. The van der Waals surface area contributed by atoms with Crippen LogP contribution < -0.4 is 0 Å². The average Bonchev–Trinajstić information content (AvgIpc) is 2.79. The van der Waals surface area contributed by atoms with E-state index in [1.54, 1.807) is 24.3 Å². The molecule has 1 aromatic heterocycles. The van der Waals surface area contributed by atoms with Crippen LogP contribution in [0.3, 0.4) is 0 Å². The molecule has 0 saturated carbocycles. The molecule has 0 spiro atoms. The Morgan fingerprint density at radius 2 is 1.95 bits per heavy atom. The van der Waals surface area contributed by atoms with Gasteiger partial charge in [0.2, 0.25) is 5.82 Å². The quantitative estimate of drug-likeness (QED) is 0.844. The SMILES string of the molecule is Cc1ccc(-c2nc(C#N)n(S(=O)(=O)N(C)C)c2Cl)cc1Cl. The Morgan fingerprint density at radius 3 is 2.45 bits per heavy atom. The van der Waals surface area contributed by atoms with Crippen molar-refractivity contribution >= 4 is 33.4 Å². The standard InChI is InChI=1S/C13H12Cl2N4O2S/c1-8-4-5-9(6-10(8)14)12-13(15)19(11(7-16)17-12)22(20,21)18(2)3/h4-6H,1-3H3. The van der Waals surface area contributed by atoms with Crippen molar-refractivity contribution in [2.45, 2.75) is 6.92 Å². The smallest absolute Gasteiger partial charge is 0.216 e. The molecule has 0 aliphatic heterocycles. The predicted molar refractivity (Wildman–Crippen MR) is 85.1 cm³/mol. The van der Waals surface area contributed by atoms with Gasteiger partial charge in [-0.3, -0.25) is 0 Å². The summed E-state index contributed by atoms with van der Waals surface area (Å²) in [5, 5.41) is 9.48. The summed E-state index contributed by atoms with van der Waals surface area (Å²) in [6.07, 6.45) is 0. The lowest BCUT2D eigenvalue weighted by Crippen LogP contribution is -2.29. The normalized spacial score (nSPS) is 11.7. The van der Waals surface area contributed by atoms with Crippen molar-refractivity contribution in [2.24, 2.45) is 0 Å². The van der Waals surface area contributed by atoms with Crippen LogP contribution in [-0.2, 0) is 10.2 Å². The van der Waals surface area contributed by atoms with Gasteiger partial charge in [-0.15, -0.1) is 0 Å². The van der Waals surface area contributed by atoms with Gasteiger partial charge in [0.1, 0.15) is 11.8 Å². The fourth-order valence-corrected chi connectivity index (χ4v) is 3.34. The first-order valence-electron chi connectivity index (χ1n) is 6.08. The maximum atomic E-state index is 12.3. The summed E-state index contributed by atoms with van der Waals surface area (Å²) in [6, 6.07) is 6.84. The molecule has 0 N–H and O–H groups in total. The van der Waals surface area contributed by atoms with E-state index in [4.69, 9.17) is 28.5 Å². The zero-order valence-electron chi connectivity index (χ0n) is 12.0. The fourth-order valence-electron chi connectivity index (χ4n) is 1.75. The molecule has 0 amide bonds. The number of aryl methyl sites for hydroxylation is 1. The molecule has 0 radical (unpaired) electrons. The molecular weight excluding hydrogens is 347 g/mol. The third-order valence-electron chi connectivity index (χ3n) is 3.02. The molecule has 0 bridgehead atoms. The van der Waals surface area contributed by atoms with Crippen molar-refractivity contribution < 1.29 is 8.42 Å². The Bertz CT molecular complexity index is 882. The van der Waals surface area contributed by atoms with E-state index >= 15 is 0 Å². The number of imidazole rings is 1. The lowest BCUT2D eigenvalue weighted by Gasteiger charge is -2.13. The topological polar surface area (TPSA) is 79.0 Å². The van der Waals surface area contributed by atoms with Gasteiger partial charge in [-0.1, -0.05) is 35.3 Å². The zero-order valence-corrected chi connectivity index (χ0v) is 14.3. The minimum Gasteiger partial charge on any atom is -0.216 e. The van der Waals surface area contributed by atoms with Crippen LogP contribution in [0.25, 0.3) is 11.3 Å². The van der Waals surface area contributed by atoms with Gasteiger partial charge in [0, 0.05) is 24.7 Å². The van der Waals surface area contributed by atoms with Crippen LogP contribution in [0.1, 0.15) is 11.4 Å². The van der Waals surface area contributed by atoms with E-state index in [0.717, 1.165) is 9.87 Å². The molecular formula is C13H12Cl2N4O2S. The first-order chi connectivity index (χ1) is 10.2. The summed E-state index contributed by atoms with van der Waals surface area (Å²) in [5.41, 5.74) is 1.58. The Balaban J connectivity index is 2.74. The van der Waals surface area contributed by atoms with Gasteiger partial charge in [0.25, 0.3) is 0 Å². The molecule has 0 fully saturated rings. The molecule has 0 aliphatic rings. The summed E-state index contributed by atoms with van der Waals surface area (Å²) in [5.74, 6) is -0.314. The van der Waals surface area contributed by atoms with E-state index in [2.05, 4.69) is 4.98 Å². The van der Waals surface area contributed by atoms with Gasteiger partial charge in [-0.05, 0) is 18.6 Å². The van der Waals surface area contributed by atoms with Crippen LogP contribution in [0.2, 0.25) is 10.2 Å². The third kappa shape index (κ3) is 2.71. The van der Waals surface area contributed by atoms with E-state index < -0.39 is 10.2 Å². The first-order valence-corrected chi connectivity index (χ1v) is 8.23. The summed E-state index contributed by atoms with van der Waals surface area (Å²) >= 11 is 12.2. The molecule has 1 aromatic carbocycles. The number of nitriles is 1. The van der Waals surface area contributed by atoms with E-state index in [1.807, 2.05) is 6.92 Å². The second-order valence-electron chi connectivity index (χ2n) is 4.71. The molecule has 2 aromatic rings. The fraction of sp³-hybridized carbons (Fsp3) is 0.231. The van der Waals surface area contributed by atoms with Crippen molar-refractivity contribution in [2.75, 3.05) is 14.1 Å². The molecule has 9 heteroatoms. The summed E-state index contributed by atoms with van der Waals surface area (Å²) in [7, 11) is -1.27. The molecule has 116 valence electrons. The van der Waals surface area contributed by atoms with Crippen molar-refractivity contribution in [3.8, 4) is 17.3 Å². The summed E-state index contributed by atoms with van der Waals surface area (Å²) in [4.78, 5) is 4.02. The first kappa shape index (κ1) is 16.8. The summed E-state index contributed by atoms with van der Waals surface area (Å²) in [6.45, 7) is 1.84. The Labute approximate surface area is 138 Å². The minimum atomic E-state index is -3.96. The lowest BCUT2D eigenvalue weighted by atomic mass is 10.1. The van der Waals surface area contributed by atoms with Crippen LogP contribution in [-0.4, -0.2) is 35.8 Å². The molecule has 0 saturated heterocycles. The average molecular weight is 359 g/mol. The second-order valence-corrected chi connectivity index (χ2v) is 7.46. The van der Waals surface area contributed by atoms with E-state index in [0.29, 0.717) is 14.6 Å². The van der Waals surface area contributed by atoms with Gasteiger partial charge < -0.3 is 0 Å².